The van der Waals surface area contributed by atoms with Gasteiger partial charge in [-0.1, -0.05) is 33.6 Å². The smallest absolute Gasteiger partial charge is 0.331 e. The minimum Gasteiger partial charge on any atom is -0.480 e. The Morgan fingerprint density at radius 2 is 1.79 bits per heavy atom. The van der Waals surface area contributed by atoms with Gasteiger partial charge < -0.3 is 32.5 Å². The van der Waals surface area contributed by atoms with Gasteiger partial charge in [0, 0.05) is 13.0 Å². The number of carbonyl (C=O) groups excluding carboxylic acids is 1. The second-order valence-corrected chi connectivity index (χ2v) is 14.0. The molecule has 9 nitrogen and oxygen atoms in total. The molecule has 4 saturated carbocycles. The van der Waals surface area contributed by atoms with Gasteiger partial charge in [-0.25, -0.2) is 4.79 Å². The van der Waals surface area contributed by atoms with Crippen molar-refractivity contribution in [3.63, 3.8) is 0 Å². The lowest BCUT2D eigenvalue weighted by molar-refractivity contribution is -0.201. The van der Waals surface area contributed by atoms with Gasteiger partial charge in [0.2, 0.25) is 0 Å². The normalized spacial score (nSPS) is 41.8. The first-order valence-electron chi connectivity index (χ1n) is 15.2. The molecular weight excluding hydrogens is 496 g/mol. The number of Topliss-reactive ketones (excluding diaryl/α,β-unsaturated/α-hetero) is 1. The van der Waals surface area contributed by atoms with E-state index in [2.05, 4.69) is 25.8 Å². The quantitative estimate of drug-likeness (QED) is 0.104. The molecular formula is C30H52N4O5. The van der Waals surface area contributed by atoms with Crippen LogP contribution in [0.5, 0.6) is 0 Å². The maximum absolute atomic E-state index is 13.1. The Kier molecular flexibility index (Phi) is 8.75. The zero-order valence-electron chi connectivity index (χ0n) is 24.1. The van der Waals surface area contributed by atoms with Crippen LogP contribution in [-0.2, 0) is 9.59 Å². The standard InChI is InChI=1S/C30H52N4O5/c1-17(8-11-23(36)30(33,26(38)39)13-6-14-34-27(31)32)19-9-10-20-25-21(16-24(37)29(19,20)3)28(2)12-5-4-7-18(28)15-22(25)35/h17-22,24-25,35,37H,4-16,33H2,1-3H3,(H,38,39)(H4,31,32,34). The van der Waals surface area contributed by atoms with Crippen LogP contribution in [0.15, 0.2) is 4.99 Å². The van der Waals surface area contributed by atoms with Crippen molar-refractivity contribution in [2.75, 3.05) is 6.54 Å². The fourth-order valence-electron chi connectivity index (χ4n) is 9.90. The summed E-state index contributed by atoms with van der Waals surface area (Å²) >= 11 is 0. The number of guanidine groups is 1. The van der Waals surface area contributed by atoms with E-state index in [4.69, 9.17) is 17.2 Å². The zero-order valence-corrected chi connectivity index (χ0v) is 24.1. The monoisotopic (exact) mass is 548 g/mol. The lowest BCUT2D eigenvalue weighted by Gasteiger charge is -2.63. The number of nitrogens with two attached hydrogens (primary N) is 3. The number of aliphatic imine (C=N–C) groups is 1. The van der Waals surface area contributed by atoms with Crippen LogP contribution in [0.2, 0.25) is 0 Å². The number of hydrogen-bond acceptors (Lipinski definition) is 6. The van der Waals surface area contributed by atoms with Gasteiger partial charge in [-0.05, 0) is 104 Å². The Morgan fingerprint density at radius 1 is 1.08 bits per heavy atom. The third-order valence-electron chi connectivity index (χ3n) is 12.2. The second kappa shape index (κ2) is 11.3. The molecule has 4 aliphatic rings. The predicted octanol–water partition coefficient (Wildman–Crippen LogP) is 2.80. The number of nitrogens with zero attached hydrogens (tertiary/aromatic N) is 1. The van der Waals surface area contributed by atoms with Gasteiger partial charge in [-0.3, -0.25) is 9.79 Å². The van der Waals surface area contributed by atoms with E-state index < -0.39 is 23.4 Å². The molecule has 9 N–H and O–H groups in total. The highest BCUT2D eigenvalue weighted by atomic mass is 16.4. The van der Waals surface area contributed by atoms with E-state index in [9.17, 15) is 24.9 Å². The van der Waals surface area contributed by atoms with Crippen LogP contribution in [0.3, 0.4) is 0 Å². The number of aliphatic hydroxyl groups is 2. The molecule has 11 atom stereocenters. The van der Waals surface area contributed by atoms with E-state index in [1.54, 1.807) is 0 Å². The van der Waals surface area contributed by atoms with Gasteiger partial charge in [-0.15, -0.1) is 0 Å². The Labute approximate surface area is 233 Å². The summed E-state index contributed by atoms with van der Waals surface area (Å²) in [6, 6.07) is 0. The molecule has 0 aromatic rings. The summed E-state index contributed by atoms with van der Waals surface area (Å²) in [5.74, 6) is -0.197. The van der Waals surface area contributed by atoms with Gasteiger partial charge >= 0.3 is 5.97 Å². The van der Waals surface area contributed by atoms with Crippen molar-refractivity contribution < 1.29 is 24.9 Å². The van der Waals surface area contributed by atoms with Crippen LogP contribution in [0.4, 0.5) is 0 Å². The summed E-state index contributed by atoms with van der Waals surface area (Å²) in [6.07, 6.45) is 8.53. The maximum Gasteiger partial charge on any atom is 0.331 e. The molecule has 0 spiro atoms. The van der Waals surface area contributed by atoms with Crippen LogP contribution >= 0.6 is 0 Å². The third-order valence-corrected chi connectivity index (χ3v) is 12.2. The average Bonchev–Trinajstić information content (AvgIpc) is 3.24. The highest BCUT2D eigenvalue weighted by Gasteiger charge is 2.65. The summed E-state index contributed by atoms with van der Waals surface area (Å²) in [6.45, 7) is 6.98. The lowest BCUT2D eigenvalue weighted by Crippen LogP contribution is -2.61. The first kappa shape index (κ1) is 30.3. The van der Waals surface area contributed by atoms with Gasteiger partial charge in [0.15, 0.2) is 17.3 Å². The van der Waals surface area contributed by atoms with Crippen LogP contribution in [-0.4, -0.2) is 57.3 Å². The van der Waals surface area contributed by atoms with E-state index in [-0.39, 0.29) is 66.0 Å². The number of hydrogen-bond donors (Lipinski definition) is 6. The van der Waals surface area contributed by atoms with Crippen molar-refractivity contribution >= 4 is 17.7 Å². The van der Waals surface area contributed by atoms with Gasteiger partial charge in [0.05, 0.1) is 12.2 Å². The molecule has 0 aliphatic heterocycles. The topological polar surface area (TPSA) is 185 Å². The number of carbonyl (C=O) groups is 2. The SMILES string of the molecule is CC(CCC(=O)C(N)(CCCN=C(N)N)C(=O)O)C1CCC2C3C(O)CC4CCCCC4(C)C3CC(O)C12C. The van der Waals surface area contributed by atoms with E-state index in [1.807, 2.05) is 0 Å². The fourth-order valence-corrected chi connectivity index (χ4v) is 9.90. The summed E-state index contributed by atoms with van der Waals surface area (Å²) in [4.78, 5) is 28.9. The molecule has 0 radical (unpaired) electrons. The second-order valence-electron chi connectivity index (χ2n) is 14.0. The predicted molar refractivity (Wildman–Crippen MR) is 150 cm³/mol. The minimum atomic E-state index is -1.96. The molecule has 0 aromatic heterocycles. The van der Waals surface area contributed by atoms with Crippen molar-refractivity contribution in [1.82, 2.24) is 0 Å². The number of carboxylic acids is 1. The third kappa shape index (κ3) is 5.23. The van der Waals surface area contributed by atoms with Crippen molar-refractivity contribution in [3.05, 3.63) is 0 Å². The lowest BCUT2D eigenvalue weighted by atomic mass is 9.43. The average molecular weight is 549 g/mol. The van der Waals surface area contributed by atoms with Gasteiger partial charge in [-0.2, -0.15) is 0 Å². The Bertz CT molecular complexity index is 956. The first-order valence-corrected chi connectivity index (χ1v) is 15.2. The molecule has 11 unspecified atom stereocenters. The zero-order chi connectivity index (χ0) is 28.8. The number of aliphatic hydroxyl groups excluding tert-OH is 2. The van der Waals surface area contributed by atoms with Crippen molar-refractivity contribution in [1.29, 1.82) is 0 Å². The molecule has 9 heteroatoms. The molecule has 0 amide bonds. The van der Waals surface area contributed by atoms with Crippen molar-refractivity contribution in [3.8, 4) is 0 Å². The Balaban J connectivity index is 1.44. The number of rotatable bonds is 10. The van der Waals surface area contributed by atoms with Crippen LogP contribution in [0.25, 0.3) is 0 Å². The van der Waals surface area contributed by atoms with Crippen molar-refractivity contribution in [2.24, 2.45) is 68.5 Å². The number of ketones is 1. The first-order chi connectivity index (χ1) is 18.3. The molecule has 39 heavy (non-hydrogen) atoms. The molecule has 222 valence electrons. The van der Waals surface area contributed by atoms with Crippen LogP contribution in [0, 0.1) is 46.3 Å². The maximum atomic E-state index is 13.1. The summed E-state index contributed by atoms with van der Waals surface area (Å²) in [7, 11) is 0. The van der Waals surface area contributed by atoms with Crippen LogP contribution in [0.1, 0.15) is 97.8 Å². The molecule has 0 heterocycles. The van der Waals surface area contributed by atoms with Crippen molar-refractivity contribution in [2.45, 2.75) is 116 Å². The van der Waals surface area contributed by atoms with E-state index in [1.165, 1.54) is 25.7 Å². The van der Waals surface area contributed by atoms with E-state index in [0.29, 0.717) is 24.7 Å². The molecule has 0 bridgehead atoms. The Morgan fingerprint density at radius 3 is 2.46 bits per heavy atom. The molecule has 0 saturated heterocycles. The number of carboxylic acid groups (broad SMARTS) is 1. The molecule has 4 fully saturated rings. The molecule has 4 rings (SSSR count). The summed E-state index contributed by atoms with van der Waals surface area (Å²) in [5, 5.41) is 33.0. The molecule has 4 aliphatic carbocycles. The summed E-state index contributed by atoms with van der Waals surface area (Å²) < 4.78 is 0. The number of aliphatic carboxylic acids is 1. The highest BCUT2D eigenvalue weighted by Crippen LogP contribution is 2.68. The largest absolute Gasteiger partial charge is 0.480 e. The van der Waals surface area contributed by atoms with Gasteiger partial charge in [0.25, 0.3) is 0 Å². The van der Waals surface area contributed by atoms with E-state index in [0.717, 1.165) is 25.7 Å². The molecule has 0 aromatic carbocycles. The fraction of sp³-hybridized carbons (Fsp3) is 0.900. The van der Waals surface area contributed by atoms with Crippen LogP contribution < -0.4 is 17.2 Å². The van der Waals surface area contributed by atoms with E-state index >= 15 is 0 Å². The van der Waals surface area contributed by atoms with Gasteiger partial charge in [0.1, 0.15) is 0 Å². The highest BCUT2D eigenvalue weighted by molar-refractivity contribution is 6.07. The minimum absolute atomic E-state index is 0.0328. The number of fused-ring (bicyclic) bond motifs is 5. The Hall–Kier alpha value is -1.71. The summed E-state index contributed by atoms with van der Waals surface area (Å²) in [5.41, 5.74) is 14.7.